The molecule has 9 nitrogen and oxygen atoms in total. The summed E-state index contributed by atoms with van der Waals surface area (Å²) in [6, 6.07) is 10.9. The van der Waals surface area contributed by atoms with Crippen LogP contribution in [0.5, 0.6) is 5.75 Å². The van der Waals surface area contributed by atoms with E-state index >= 15 is 0 Å². The molecule has 0 aliphatic carbocycles. The Balaban J connectivity index is 1.59. The summed E-state index contributed by atoms with van der Waals surface area (Å²) in [4.78, 5) is 26.5. The Morgan fingerprint density at radius 1 is 1.18 bits per heavy atom. The van der Waals surface area contributed by atoms with Gasteiger partial charge in [0.05, 0.1) is 13.2 Å². The van der Waals surface area contributed by atoms with Gasteiger partial charge in [0.2, 0.25) is 5.91 Å². The highest BCUT2D eigenvalue weighted by Gasteiger charge is 2.37. The van der Waals surface area contributed by atoms with Gasteiger partial charge in [-0.15, -0.1) is 5.10 Å². The van der Waals surface area contributed by atoms with Crippen molar-refractivity contribution in [1.82, 2.24) is 30.3 Å². The number of hydrogen-bond donors (Lipinski definition) is 1. The summed E-state index contributed by atoms with van der Waals surface area (Å²) >= 11 is 0. The van der Waals surface area contributed by atoms with E-state index in [4.69, 9.17) is 4.74 Å². The van der Waals surface area contributed by atoms with E-state index in [-0.39, 0.29) is 23.8 Å². The highest BCUT2D eigenvalue weighted by atomic mass is 16.5. The third kappa shape index (κ3) is 3.38. The van der Waals surface area contributed by atoms with E-state index < -0.39 is 0 Å². The van der Waals surface area contributed by atoms with Crippen molar-refractivity contribution < 1.29 is 14.3 Å². The van der Waals surface area contributed by atoms with Gasteiger partial charge < -0.3 is 15.0 Å². The van der Waals surface area contributed by atoms with Gasteiger partial charge >= 0.3 is 0 Å². The van der Waals surface area contributed by atoms with Gasteiger partial charge in [0.1, 0.15) is 5.75 Å². The molecule has 28 heavy (non-hydrogen) atoms. The first kappa shape index (κ1) is 17.9. The first-order valence-corrected chi connectivity index (χ1v) is 8.93. The molecule has 0 saturated carbocycles. The van der Waals surface area contributed by atoms with E-state index in [1.165, 1.54) is 11.4 Å². The average molecular weight is 380 g/mol. The molecule has 3 aromatic rings. The van der Waals surface area contributed by atoms with E-state index in [2.05, 4.69) is 20.8 Å². The smallest absolute Gasteiger partial charge is 0.254 e. The largest absolute Gasteiger partial charge is 0.497 e. The number of likely N-dealkylation sites (tertiary alicyclic amines) is 1. The Morgan fingerprint density at radius 2 is 1.96 bits per heavy atom. The van der Waals surface area contributed by atoms with Gasteiger partial charge in [0.25, 0.3) is 5.91 Å². The number of ether oxygens (including phenoxy) is 1. The molecule has 1 fully saturated rings. The topological polar surface area (TPSA) is 102 Å². The first-order chi connectivity index (χ1) is 13.5. The second-order valence-corrected chi connectivity index (χ2v) is 6.79. The molecule has 2 atom stereocenters. The molecular formula is C19H20N6O3. The maximum absolute atomic E-state index is 13.0. The number of hydrogen-bond acceptors (Lipinski definition) is 6. The van der Waals surface area contributed by atoms with Crippen LogP contribution in [-0.2, 0) is 4.79 Å². The highest BCUT2D eigenvalue weighted by Crippen LogP contribution is 2.30. The van der Waals surface area contributed by atoms with Crippen molar-refractivity contribution in [2.24, 2.45) is 0 Å². The van der Waals surface area contributed by atoms with Gasteiger partial charge in [-0.25, -0.2) is 4.52 Å². The Morgan fingerprint density at radius 3 is 2.68 bits per heavy atom. The molecule has 1 aromatic carbocycles. The summed E-state index contributed by atoms with van der Waals surface area (Å²) in [6.07, 6.45) is 1.66. The van der Waals surface area contributed by atoms with Crippen LogP contribution in [0.4, 0.5) is 0 Å². The third-order valence-electron chi connectivity index (χ3n) is 4.98. The predicted molar refractivity (Wildman–Crippen MR) is 100 cm³/mol. The molecule has 1 saturated heterocycles. The zero-order chi connectivity index (χ0) is 19.7. The number of fused-ring (bicyclic) bond motifs is 1. The fourth-order valence-electron chi connectivity index (χ4n) is 3.62. The molecule has 3 heterocycles. The average Bonchev–Trinajstić information content (AvgIpc) is 3.33. The fraction of sp³-hybridized carbons (Fsp3) is 0.316. The van der Waals surface area contributed by atoms with Crippen molar-refractivity contribution in [3.63, 3.8) is 0 Å². The summed E-state index contributed by atoms with van der Waals surface area (Å²) in [7, 11) is 1.62. The van der Waals surface area contributed by atoms with Crippen LogP contribution in [0.25, 0.3) is 5.65 Å². The van der Waals surface area contributed by atoms with Crippen molar-refractivity contribution in [2.75, 3.05) is 20.2 Å². The van der Waals surface area contributed by atoms with E-state index in [0.717, 1.165) is 11.3 Å². The number of amides is 2. The van der Waals surface area contributed by atoms with Crippen LogP contribution in [0, 0.1) is 0 Å². The van der Waals surface area contributed by atoms with Crippen LogP contribution in [0.2, 0.25) is 0 Å². The second-order valence-electron chi connectivity index (χ2n) is 6.79. The van der Waals surface area contributed by atoms with Crippen molar-refractivity contribution in [3.05, 3.63) is 53.7 Å². The van der Waals surface area contributed by atoms with Crippen LogP contribution >= 0.6 is 0 Å². The molecular weight excluding hydrogens is 360 g/mol. The Labute approximate surface area is 161 Å². The van der Waals surface area contributed by atoms with Crippen LogP contribution in [0.15, 0.2) is 42.6 Å². The summed E-state index contributed by atoms with van der Waals surface area (Å²) in [5, 5.41) is 14.3. The molecule has 2 amide bonds. The van der Waals surface area contributed by atoms with Crippen LogP contribution in [0.3, 0.4) is 0 Å². The fourth-order valence-corrected chi connectivity index (χ4v) is 3.62. The summed E-state index contributed by atoms with van der Waals surface area (Å²) in [6.45, 7) is 2.43. The molecule has 0 bridgehead atoms. The van der Waals surface area contributed by atoms with Crippen molar-refractivity contribution in [2.45, 2.75) is 18.9 Å². The van der Waals surface area contributed by atoms with Crippen molar-refractivity contribution in [3.8, 4) is 5.75 Å². The zero-order valence-corrected chi connectivity index (χ0v) is 15.6. The molecule has 2 aromatic heterocycles. The van der Waals surface area contributed by atoms with E-state index in [9.17, 15) is 9.59 Å². The second kappa shape index (κ2) is 7.26. The Bertz CT molecular complexity index is 1020. The Kier molecular flexibility index (Phi) is 4.64. The van der Waals surface area contributed by atoms with Gasteiger partial charge in [0, 0.05) is 37.7 Å². The van der Waals surface area contributed by atoms with Gasteiger partial charge in [-0.3, -0.25) is 9.59 Å². The maximum atomic E-state index is 13.0. The number of methoxy groups -OCH3 is 1. The van der Waals surface area contributed by atoms with Crippen LogP contribution < -0.4 is 10.1 Å². The summed E-state index contributed by atoms with van der Waals surface area (Å²) in [5.41, 5.74) is 2.07. The van der Waals surface area contributed by atoms with Gasteiger partial charge in [-0.05, 0) is 40.3 Å². The lowest BCUT2D eigenvalue weighted by Crippen LogP contribution is -2.39. The number of aromatic nitrogens is 4. The molecule has 1 aliphatic heterocycles. The van der Waals surface area contributed by atoms with E-state index in [0.29, 0.717) is 24.3 Å². The standard InChI is InChI=1S/C19H20N6O3/c1-12(26)20-17-11-24(10-16(17)13-3-5-15(28-2)6-4-13)19(27)14-7-8-25-18(9-14)21-22-23-25/h3-9,16-17H,10-11H2,1-2H3,(H,20,26)/t16-,17+/m0/s1. The molecule has 1 N–H and O–H groups in total. The number of rotatable bonds is 4. The lowest BCUT2D eigenvalue weighted by atomic mass is 9.94. The lowest BCUT2D eigenvalue weighted by molar-refractivity contribution is -0.119. The molecule has 144 valence electrons. The number of nitrogens with zero attached hydrogens (tertiary/aromatic N) is 5. The lowest BCUT2D eigenvalue weighted by Gasteiger charge is -2.19. The SMILES string of the molecule is COc1ccc([C@@H]2CN(C(=O)c3ccn4nnnc4c3)C[C@H]2NC(C)=O)cc1. The molecule has 0 unspecified atom stereocenters. The van der Waals surface area contributed by atoms with Crippen LogP contribution in [0.1, 0.15) is 28.8 Å². The molecule has 0 spiro atoms. The van der Waals surface area contributed by atoms with Crippen molar-refractivity contribution in [1.29, 1.82) is 0 Å². The normalized spacial score (nSPS) is 19.0. The highest BCUT2D eigenvalue weighted by molar-refractivity contribution is 5.95. The molecule has 4 rings (SSSR count). The number of carbonyl (C=O) groups is 2. The van der Waals surface area contributed by atoms with Crippen molar-refractivity contribution >= 4 is 17.5 Å². The molecule has 9 heteroatoms. The van der Waals surface area contributed by atoms with Crippen LogP contribution in [-0.4, -0.2) is 63.0 Å². The minimum atomic E-state index is -0.159. The van der Waals surface area contributed by atoms with Gasteiger partial charge in [0.15, 0.2) is 5.65 Å². The number of pyridine rings is 1. The minimum absolute atomic E-state index is 0.00255. The zero-order valence-electron chi connectivity index (χ0n) is 15.6. The third-order valence-corrected chi connectivity index (χ3v) is 4.98. The van der Waals surface area contributed by atoms with Gasteiger partial charge in [-0.2, -0.15) is 0 Å². The van der Waals surface area contributed by atoms with Gasteiger partial charge in [-0.1, -0.05) is 12.1 Å². The number of nitrogens with one attached hydrogen (secondary N) is 1. The quantitative estimate of drug-likeness (QED) is 0.721. The number of tetrazole rings is 1. The molecule has 0 radical (unpaired) electrons. The number of carbonyl (C=O) groups excluding carboxylic acids is 2. The summed E-state index contributed by atoms with van der Waals surface area (Å²) in [5.74, 6) is 0.531. The number of benzene rings is 1. The minimum Gasteiger partial charge on any atom is -0.497 e. The summed E-state index contributed by atoms with van der Waals surface area (Å²) < 4.78 is 6.72. The maximum Gasteiger partial charge on any atom is 0.254 e. The molecule has 1 aliphatic rings. The monoisotopic (exact) mass is 380 g/mol. The van der Waals surface area contributed by atoms with E-state index in [1.807, 2.05) is 24.3 Å². The predicted octanol–water partition coefficient (Wildman–Crippen LogP) is 0.877. The van der Waals surface area contributed by atoms with E-state index in [1.54, 1.807) is 30.3 Å². The Hall–Kier alpha value is -3.49. The first-order valence-electron chi connectivity index (χ1n) is 8.93.